The van der Waals surface area contributed by atoms with E-state index < -0.39 is 48.3 Å². The lowest BCUT2D eigenvalue weighted by Crippen LogP contribution is -2.43. The number of hydrogen-bond acceptors (Lipinski definition) is 7. The Kier molecular flexibility index (Phi) is 6.51. The molecule has 0 aliphatic rings. The summed E-state index contributed by atoms with van der Waals surface area (Å²) >= 11 is 0. The molecule has 0 atom stereocenters. The van der Waals surface area contributed by atoms with Gasteiger partial charge < -0.3 is 24.6 Å². The Morgan fingerprint density at radius 2 is 2.07 bits per heavy atom. The third kappa shape index (κ3) is 6.26. The van der Waals surface area contributed by atoms with Crippen molar-refractivity contribution in [1.29, 1.82) is 0 Å². The standard InChI is InChI=1S/C16H21FN6O6/c1-16(2,3)29-15(28)18-4-5-22(7-10(25)26)9(24)6-23-8-19-11-12(23)20-14(17)21-13(11)27/h8H,4-7H2,1-3H3,(H,18,28)(H,25,26)(H,20,21,27). The van der Waals surface area contributed by atoms with Gasteiger partial charge in [-0.05, 0) is 20.8 Å². The van der Waals surface area contributed by atoms with E-state index in [0.29, 0.717) is 0 Å². The topological polar surface area (TPSA) is 160 Å². The number of carbonyl (C=O) groups is 3. The minimum Gasteiger partial charge on any atom is -0.480 e. The van der Waals surface area contributed by atoms with Crippen molar-refractivity contribution in [3.63, 3.8) is 0 Å². The molecule has 3 N–H and O–H groups in total. The number of nitrogens with zero attached hydrogens (tertiary/aromatic N) is 4. The van der Waals surface area contributed by atoms with Gasteiger partial charge >= 0.3 is 12.1 Å². The van der Waals surface area contributed by atoms with Gasteiger partial charge in [0.25, 0.3) is 11.6 Å². The molecule has 2 amide bonds. The first-order valence-corrected chi connectivity index (χ1v) is 8.53. The Bertz CT molecular complexity index is 978. The highest BCUT2D eigenvalue weighted by Gasteiger charge is 2.21. The number of carbonyl (C=O) groups excluding carboxylic acids is 2. The van der Waals surface area contributed by atoms with Gasteiger partial charge in [-0.25, -0.2) is 9.78 Å². The summed E-state index contributed by atoms with van der Waals surface area (Å²) in [5.41, 5.74) is -1.82. The predicted octanol–water partition coefficient (Wildman–Crippen LogP) is -0.303. The van der Waals surface area contributed by atoms with Gasteiger partial charge in [0.15, 0.2) is 11.2 Å². The fraction of sp³-hybridized carbons (Fsp3) is 0.500. The van der Waals surface area contributed by atoms with Crippen LogP contribution in [0.2, 0.25) is 0 Å². The second kappa shape index (κ2) is 8.67. The van der Waals surface area contributed by atoms with Gasteiger partial charge in [-0.1, -0.05) is 0 Å². The molecule has 12 nitrogen and oxygen atoms in total. The zero-order valence-electron chi connectivity index (χ0n) is 16.1. The molecule has 0 unspecified atom stereocenters. The lowest BCUT2D eigenvalue weighted by atomic mass is 10.2. The smallest absolute Gasteiger partial charge is 0.407 e. The Labute approximate surface area is 163 Å². The maximum absolute atomic E-state index is 13.3. The molecule has 0 aliphatic carbocycles. The number of H-pyrrole nitrogens is 1. The number of carboxylic acid groups (broad SMARTS) is 1. The van der Waals surface area contributed by atoms with Crippen molar-refractivity contribution in [1.82, 2.24) is 29.7 Å². The van der Waals surface area contributed by atoms with Crippen molar-refractivity contribution in [2.45, 2.75) is 32.9 Å². The molecule has 29 heavy (non-hydrogen) atoms. The fourth-order valence-corrected chi connectivity index (χ4v) is 2.35. The van der Waals surface area contributed by atoms with Crippen LogP contribution < -0.4 is 10.9 Å². The average molecular weight is 412 g/mol. The van der Waals surface area contributed by atoms with Gasteiger partial charge in [-0.2, -0.15) is 9.37 Å². The molecule has 2 rings (SSSR count). The van der Waals surface area contributed by atoms with E-state index in [1.165, 1.54) is 0 Å². The molecule has 0 bridgehead atoms. The summed E-state index contributed by atoms with van der Waals surface area (Å²) in [5.74, 6) is -1.91. The van der Waals surface area contributed by atoms with E-state index in [1.807, 2.05) is 4.98 Å². The van der Waals surface area contributed by atoms with Crippen LogP contribution in [0.1, 0.15) is 20.8 Å². The second-order valence-corrected chi connectivity index (χ2v) is 7.04. The number of alkyl carbamates (subject to hydrolysis) is 1. The lowest BCUT2D eigenvalue weighted by Gasteiger charge is -2.23. The van der Waals surface area contributed by atoms with E-state index in [4.69, 9.17) is 9.84 Å². The Morgan fingerprint density at radius 1 is 1.38 bits per heavy atom. The van der Waals surface area contributed by atoms with Crippen LogP contribution >= 0.6 is 0 Å². The van der Waals surface area contributed by atoms with Gasteiger partial charge in [0.2, 0.25) is 5.91 Å². The number of halogens is 1. The molecule has 0 aromatic carbocycles. The van der Waals surface area contributed by atoms with Crippen molar-refractivity contribution < 1.29 is 28.6 Å². The monoisotopic (exact) mass is 412 g/mol. The van der Waals surface area contributed by atoms with Crippen LogP contribution in [-0.4, -0.2) is 72.7 Å². The molecular weight excluding hydrogens is 391 g/mol. The fourth-order valence-electron chi connectivity index (χ4n) is 2.35. The summed E-state index contributed by atoms with van der Waals surface area (Å²) in [6.07, 6.45) is -0.720. The first-order valence-electron chi connectivity index (χ1n) is 8.53. The van der Waals surface area contributed by atoms with Crippen LogP contribution in [0.25, 0.3) is 11.2 Å². The number of aromatic amines is 1. The third-order valence-corrected chi connectivity index (χ3v) is 3.48. The number of ether oxygens (including phenoxy) is 1. The zero-order valence-corrected chi connectivity index (χ0v) is 16.1. The van der Waals surface area contributed by atoms with Crippen LogP contribution in [-0.2, 0) is 20.9 Å². The van der Waals surface area contributed by atoms with Crippen molar-refractivity contribution in [2.24, 2.45) is 0 Å². The largest absolute Gasteiger partial charge is 0.480 e. The number of fused-ring (bicyclic) bond motifs is 1. The van der Waals surface area contributed by atoms with E-state index in [-0.39, 0.29) is 24.3 Å². The second-order valence-electron chi connectivity index (χ2n) is 7.04. The molecule has 2 heterocycles. The van der Waals surface area contributed by atoms with Crippen molar-refractivity contribution in [2.75, 3.05) is 19.6 Å². The minimum atomic E-state index is -1.26. The third-order valence-electron chi connectivity index (χ3n) is 3.48. The number of hydrogen-bond donors (Lipinski definition) is 3. The van der Waals surface area contributed by atoms with Gasteiger partial charge in [0, 0.05) is 13.1 Å². The van der Waals surface area contributed by atoms with E-state index in [9.17, 15) is 23.6 Å². The molecule has 13 heteroatoms. The highest BCUT2D eigenvalue weighted by molar-refractivity contribution is 5.82. The quantitative estimate of drug-likeness (QED) is 0.523. The Hall–Kier alpha value is -3.51. The molecule has 2 aromatic rings. The molecular formula is C16H21FN6O6. The van der Waals surface area contributed by atoms with Crippen molar-refractivity contribution in [3.8, 4) is 0 Å². The first-order chi connectivity index (χ1) is 13.5. The summed E-state index contributed by atoms with van der Waals surface area (Å²) in [5, 5.41) is 11.5. The van der Waals surface area contributed by atoms with E-state index >= 15 is 0 Å². The maximum atomic E-state index is 13.3. The van der Waals surface area contributed by atoms with Crippen LogP contribution in [0, 0.1) is 6.08 Å². The summed E-state index contributed by atoms with van der Waals surface area (Å²) in [6.45, 7) is 3.85. The van der Waals surface area contributed by atoms with Crippen LogP contribution in [0.5, 0.6) is 0 Å². The molecule has 0 fully saturated rings. The number of aliphatic carboxylic acids is 1. The SMILES string of the molecule is CC(C)(C)OC(=O)NCCN(CC(=O)O)C(=O)Cn1cnc2c(=O)[nH]c(F)nc21. The number of imidazole rings is 1. The van der Waals surface area contributed by atoms with E-state index in [1.54, 1.807) is 20.8 Å². The lowest BCUT2D eigenvalue weighted by molar-refractivity contribution is -0.144. The molecule has 2 aromatic heterocycles. The van der Waals surface area contributed by atoms with Gasteiger partial charge in [0.05, 0.1) is 6.33 Å². The Balaban J connectivity index is 2.06. The highest BCUT2D eigenvalue weighted by Crippen LogP contribution is 2.07. The molecule has 158 valence electrons. The summed E-state index contributed by atoms with van der Waals surface area (Å²) in [4.78, 5) is 57.0. The summed E-state index contributed by atoms with van der Waals surface area (Å²) < 4.78 is 19.5. The number of nitrogens with one attached hydrogen (secondary N) is 2. The highest BCUT2D eigenvalue weighted by atomic mass is 19.1. The average Bonchev–Trinajstić information content (AvgIpc) is 2.95. The summed E-state index contributed by atoms with van der Waals surface area (Å²) in [6, 6.07) is 0. The normalized spacial score (nSPS) is 11.3. The van der Waals surface area contributed by atoms with Gasteiger partial charge in [-0.3, -0.25) is 19.4 Å². The molecule has 0 saturated carbocycles. The van der Waals surface area contributed by atoms with Crippen molar-refractivity contribution in [3.05, 3.63) is 22.8 Å². The van der Waals surface area contributed by atoms with Crippen LogP contribution in [0.3, 0.4) is 0 Å². The molecule has 0 radical (unpaired) electrons. The van der Waals surface area contributed by atoms with Crippen LogP contribution in [0.4, 0.5) is 9.18 Å². The van der Waals surface area contributed by atoms with Gasteiger partial charge in [-0.15, -0.1) is 0 Å². The molecule has 0 saturated heterocycles. The van der Waals surface area contributed by atoms with Crippen LogP contribution in [0.15, 0.2) is 11.1 Å². The van der Waals surface area contributed by atoms with Gasteiger partial charge in [0.1, 0.15) is 18.7 Å². The number of aromatic nitrogens is 4. The maximum Gasteiger partial charge on any atom is 0.407 e. The van der Waals surface area contributed by atoms with Crippen molar-refractivity contribution >= 4 is 29.1 Å². The molecule has 0 aliphatic heterocycles. The first kappa shape index (κ1) is 21.8. The minimum absolute atomic E-state index is 0.0504. The van der Waals surface area contributed by atoms with E-state index in [0.717, 1.165) is 15.8 Å². The number of carboxylic acids is 1. The number of amides is 2. The number of rotatable bonds is 7. The summed E-state index contributed by atoms with van der Waals surface area (Å²) in [7, 11) is 0. The Morgan fingerprint density at radius 3 is 2.69 bits per heavy atom. The predicted molar refractivity (Wildman–Crippen MR) is 96.6 cm³/mol. The molecule has 0 spiro atoms. The van der Waals surface area contributed by atoms with E-state index in [2.05, 4.69) is 15.3 Å². The zero-order chi connectivity index (χ0) is 21.8.